The molecule has 0 aliphatic heterocycles. The zero-order valence-corrected chi connectivity index (χ0v) is 12.2. The molecular weight excluding hydrogens is 218 g/mol. The van der Waals surface area contributed by atoms with Gasteiger partial charge in [-0.1, -0.05) is 20.8 Å². The third-order valence-corrected chi connectivity index (χ3v) is 2.62. The van der Waals surface area contributed by atoms with Crippen LogP contribution in [-0.2, 0) is 0 Å². The molecule has 0 spiro atoms. The molecule has 0 saturated carbocycles. The Hall–Kier alpha value is -0.350. The molecule has 1 N–H and O–H groups in total. The molecule has 0 fully saturated rings. The molecule has 0 unspecified atom stereocenters. The number of nitrogens with one attached hydrogen (secondary N) is 1. The van der Waals surface area contributed by atoms with Crippen LogP contribution < -0.4 is 5.32 Å². The second-order valence-electron chi connectivity index (χ2n) is 4.88. The predicted octanol–water partition coefficient (Wildman–Crippen LogP) is 1.79. The number of hydrogen-bond acceptors (Lipinski definition) is 2. The van der Waals surface area contributed by atoms with Crippen LogP contribution in [0.1, 0.15) is 27.2 Å². The second kappa shape index (κ2) is 8.76. The van der Waals surface area contributed by atoms with Crippen molar-refractivity contribution in [1.82, 2.24) is 15.1 Å². The smallest absolute Gasteiger partial charge is 0.168 e. The Kier molecular flexibility index (Phi) is 8.57. The molecule has 0 aromatic heterocycles. The van der Waals surface area contributed by atoms with E-state index in [1.54, 1.807) is 0 Å². The minimum absolute atomic E-state index is 0.642. The van der Waals surface area contributed by atoms with Crippen molar-refractivity contribution < 1.29 is 0 Å². The Labute approximate surface area is 106 Å². The predicted molar refractivity (Wildman–Crippen MR) is 75.9 cm³/mol. The molecule has 0 aliphatic carbocycles. The lowest BCUT2D eigenvalue weighted by atomic mass is 10.2. The van der Waals surface area contributed by atoms with Crippen LogP contribution >= 0.6 is 12.2 Å². The van der Waals surface area contributed by atoms with Crippen LogP contribution in [0.15, 0.2) is 0 Å². The van der Waals surface area contributed by atoms with Crippen LogP contribution in [0.4, 0.5) is 0 Å². The molecule has 16 heavy (non-hydrogen) atoms. The maximum absolute atomic E-state index is 5.41. The van der Waals surface area contributed by atoms with E-state index >= 15 is 0 Å². The summed E-state index contributed by atoms with van der Waals surface area (Å²) in [6.45, 7) is 10.7. The van der Waals surface area contributed by atoms with Gasteiger partial charge in [0.25, 0.3) is 0 Å². The lowest BCUT2D eigenvalue weighted by Crippen LogP contribution is -2.44. The van der Waals surface area contributed by atoms with E-state index in [1.165, 1.54) is 0 Å². The van der Waals surface area contributed by atoms with Gasteiger partial charge < -0.3 is 15.1 Å². The van der Waals surface area contributed by atoms with Gasteiger partial charge in [0.2, 0.25) is 0 Å². The fourth-order valence-corrected chi connectivity index (χ4v) is 1.65. The van der Waals surface area contributed by atoms with Crippen molar-refractivity contribution >= 4 is 17.3 Å². The summed E-state index contributed by atoms with van der Waals surface area (Å²) in [5, 5.41) is 4.20. The van der Waals surface area contributed by atoms with Crippen LogP contribution in [0.3, 0.4) is 0 Å². The van der Waals surface area contributed by atoms with E-state index < -0.39 is 0 Å². The third-order valence-electron chi connectivity index (χ3n) is 2.22. The molecule has 0 aromatic rings. The van der Waals surface area contributed by atoms with Crippen molar-refractivity contribution in [1.29, 1.82) is 0 Å². The maximum Gasteiger partial charge on any atom is 0.168 e. The zero-order chi connectivity index (χ0) is 12.6. The number of nitrogens with zero attached hydrogens (tertiary/aromatic N) is 2. The summed E-state index contributed by atoms with van der Waals surface area (Å²) in [5.41, 5.74) is 0. The molecule has 0 rings (SSSR count). The summed E-state index contributed by atoms with van der Waals surface area (Å²) in [6, 6.07) is 0. The fourth-order valence-electron chi connectivity index (χ4n) is 1.38. The maximum atomic E-state index is 5.41. The largest absolute Gasteiger partial charge is 0.363 e. The van der Waals surface area contributed by atoms with Gasteiger partial charge in [-0.3, -0.25) is 0 Å². The molecule has 96 valence electrons. The average molecular weight is 245 g/mol. The Morgan fingerprint density at radius 3 is 2.31 bits per heavy atom. The molecule has 0 radical (unpaired) electrons. The van der Waals surface area contributed by atoms with Crippen molar-refractivity contribution in [2.24, 2.45) is 5.92 Å². The van der Waals surface area contributed by atoms with E-state index in [0.29, 0.717) is 5.92 Å². The summed E-state index contributed by atoms with van der Waals surface area (Å²) in [7, 11) is 4.19. The van der Waals surface area contributed by atoms with Gasteiger partial charge in [0.1, 0.15) is 0 Å². The summed E-state index contributed by atoms with van der Waals surface area (Å²) < 4.78 is 0. The first-order valence-electron chi connectivity index (χ1n) is 6.14. The molecule has 0 aliphatic rings. The van der Waals surface area contributed by atoms with Crippen molar-refractivity contribution in [3.05, 3.63) is 0 Å². The molecular formula is C12H27N3S. The standard InChI is InChI=1S/C12H27N3S/c1-6-7-13-12(16)15(10-11(2)3)9-8-14(4)5/h11H,6-10H2,1-5H3,(H,13,16). The van der Waals surface area contributed by atoms with Gasteiger partial charge in [-0.05, 0) is 38.7 Å². The Bertz CT molecular complexity index is 193. The molecule has 0 saturated heterocycles. The first-order valence-corrected chi connectivity index (χ1v) is 6.55. The number of rotatable bonds is 7. The number of thiocarbonyl (C=S) groups is 1. The van der Waals surface area contributed by atoms with E-state index in [4.69, 9.17) is 12.2 Å². The van der Waals surface area contributed by atoms with Crippen LogP contribution in [-0.4, -0.2) is 55.2 Å². The Balaban J connectivity index is 4.12. The van der Waals surface area contributed by atoms with Crippen LogP contribution in [0.25, 0.3) is 0 Å². The highest BCUT2D eigenvalue weighted by atomic mass is 32.1. The summed E-state index contributed by atoms with van der Waals surface area (Å²) in [6.07, 6.45) is 1.11. The van der Waals surface area contributed by atoms with E-state index in [2.05, 4.69) is 50.0 Å². The Morgan fingerprint density at radius 2 is 1.88 bits per heavy atom. The van der Waals surface area contributed by atoms with E-state index in [-0.39, 0.29) is 0 Å². The van der Waals surface area contributed by atoms with Crippen LogP contribution in [0.2, 0.25) is 0 Å². The van der Waals surface area contributed by atoms with Gasteiger partial charge in [-0.15, -0.1) is 0 Å². The number of hydrogen-bond donors (Lipinski definition) is 1. The van der Waals surface area contributed by atoms with Crippen molar-refractivity contribution in [2.45, 2.75) is 27.2 Å². The quantitative estimate of drug-likeness (QED) is 0.689. The summed E-state index contributed by atoms with van der Waals surface area (Å²) in [4.78, 5) is 4.46. The SMILES string of the molecule is CCCNC(=S)N(CCN(C)C)CC(C)C. The Morgan fingerprint density at radius 1 is 1.25 bits per heavy atom. The summed E-state index contributed by atoms with van der Waals surface area (Å²) >= 11 is 5.41. The van der Waals surface area contributed by atoms with Crippen LogP contribution in [0, 0.1) is 5.92 Å². The minimum atomic E-state index is 0.642. The van der Waals surface area contributed by atoms with Gasteiger partial charge >= 0.3 is 0 Å². The average Bonchev–Trinajstić information content (AvgIpc) is 2.19. The molecule has 0 aromatic carbocycles. The van der Waals surface area contributed by atoms with Crippen molar-refractivity contribution in [2.75, 3.05) is 40.3 Å². The fraction of sp³-hybridized carbons (Fsp3) is 0.917. The molecule has 0 amide bonds. The van der Waals surface area contributed by atoms with E-state index in [1.807, 2.05) is 0 Å². The molecule has 0 heterocycles. The molecule has 0 atom stereocenters. The van der Waals surface area contributed by atoms with Gasteiger partial charge in [0.05, 0.1) is 0 Å². The second-order valence-corrected chi connectivity index (χ2v) is 5.26. The number of likely N-dealkylation sites (N-methyl/N-ethyl adjacent to an activating group) is 1. The van der Waals surface area contributed by atoms with Crippen LogP contribution in [0.5, 0.6) is 0 Å². The zero-order valence-electron chi connectivity index (χ0n) is 11.4. The van der Waals surface area contributed by atoms with E-state index in [0.717, 1.165) is 37.7 Å². The highest BCUT2D eigenvalue weighted by Gasteiger charge is 2.10. The van der Waals surface area contributed by atoms with Crippen molar-refractivity contribution in [3.63, 3.8) is 0 Å². The molecule has 0 bridgehead atoms. The van der Waals surface area contributed by atoms with Gasteiger partial charge in [-0.2, -0.15) is 0 Å². The van der Waals surface area contributed by atoms with E-state index in [9.17, 15) is 0 Å². The van der Waals surface area contributed by atoms with Gasteiger partial charge in [-0.25, -0.2) is 0 Å². The first kappa shape index (κ1) is 15.7. The summed E-state index contributed by atoms with van der Waals surface area (Å²) in [5.74, 6) is 0.642. The topological polar surface area (TPSA) is 18.5 Å². The van der Waals surface area contributed by atoms with Crippen molar-refractivity contribution in [3.8, 4) is 0 Å². The first-order chi connectivity index (χ1) is 7.47. The van der Waals surface area contributed by atoms with Gasteiger partial charge in [0, 0.05) is 26.2 Å². The monoisotopic (exact) mass is 245 g/mol. The highest BCUT2D eigenvalue weighted by molar-refractivity contribution is 7.80. The third kappa shape index (κ3) is 7.88. The minimum Gasteiger partial charge on any atom is -0.363 e. The molecule has 4 heteroatoms. The lowest BCUT2D eigenvalue weighted by molar-refractivity contribution is 0.305. The highest BCUT2D eigenvalue weighted by Crippen LogP contribution is 2.00. The van der Waals surface area contributed by atoms with Gasteiger partial charge in [0.15, 0.2) is 5.11 Å². The molecule has 3 nitrogen and oxygen atoms in total. The lowest BCUT2D eigenvalue weighted by Gasteiger charge is -2.28. The normalized spacial score (nSPS) is 10.9.